The van der Waals surface area contributed by atoms with Gasteiger partial charge in [-0.25, -0.2) is 0 Å². The summed E-state index contributed by atoms with van der Waals surface area (Å²) in [5.41, 5.74) is 0. The predicted octanol–water partition coefficient (Wildman–Crippen LogP) is 1.30. The van der Waals surface area contributed by atoms with E-state index in [0.717, 1.165) is 6.42 Å². The van der Waals surface area contributed by atoms with E-state index in [1.54, 1.807) is 4.57 Å². The fourth-order valence-electron chi connectivity index (χ4n) is 1.51. The molecule has 0 saturated carbocycles. The standard InChI is InChI=1S/C10H16F3N3O2/c1-2-4-16-8(14-15-9(16)6-17)3-5-18-7-10(11,12)13/h17H,2-7H2,1H3. The molecule has 1 aromatic rings. The van der Waals surface area contributed by atoms with Gasteiger partial charge in [0.25, 0.3) is 0 Å². The lowest BCUT2D eigenvalue weighted by Crippen LogP contribution is -2.18. The van der Waals surface area contributed by atoms with E-state index >= 15 is 0 Å². The van der Waals surface area contributed by atoms with Gasteiger partial charge in [0.2, 0.25) is 0 Å². The summed E-state index contributed by atoms with van der Waals surface area (Å²) in [4.78, 5) is 0. The van der Waals surface area contributed by atoms with Gasteiger partial charge in [0.05, 0.1) is 6.61 Å². The minimum atomic E-state index is -4.31. The van der Waals surface area contributed by atoms with Crippen LogP contribution in [0.1, 0.15) is 25.0 Å². The van der Waals surface area contributed by atoms with Crippen molar-refractivity contribution in [3.63, 3.8) is 0 Å². The molecular weight excluding hydrogens is 251 g/mol. The van der Waals surface area contributed by atoms with Gasteiger partial charge >= 0.3 is 6.18 Å². The maximum Gasteiger partial charge on any atom is 0.411 e. The van der Waals surface area contributed by atoms with Crippen LogP contribution in [-0.2, 0) is 24.3 Å². The number of nitrogens with zero attached hydrogens (tertiary/aromatic N) is 3. The SMILES string of the molecule is CCCn1c(CO)nnc1CCOCC(F)(F)F. The van der Waals surface area contributed by atoms with E-state index in [4.69, 9.17) is 5.11 Å². The molecule has 18 heavy (non-hydrogen) atoms. The van der Waals surface area contributed by atoms with Crippen molar-refractivity contribution in [3.8, 4) is 0 Å². The predicted molar refractivity (Wildman–Crippen MR) is 56.8 cm³/mol. The quantitative estimate of drug-likeness (QED) is 0.756. The smallest absolute Gasteiger partial charge is 0.388 e. The molecule has 0 amide bonds. The maximum atomic E-state index is 11.8. The molecule has 8 heteroatoms. The summed E-state index contributed by atoms with van der Waals surface area (Å²) in [7, 11) is 0. The first-order valence-corrected chi connectivity index (χ1v) is 5.64. The molecule has 1 N–H and O–H groups in total. The molecular formula is C10H16F3N3O2. The van der Waals surface area contributed by atoms with Gasteiger partial charge in [-0.2, -0.15) is 13.2 Å². The summed E-state index contributed by atoms with van der Waals surface area (Å²) < 4.78 is 41.8. The van der Waals surface area contributed by atoms with Crippen LogP contribution in [-0.4, -0.2) is 39.3 Å². The van der Waals surface area contributed by atoms with Crippen LogP contribution in [0.2, 0.25) is 0 Å². The van der Waals surface area contributed by atoms with E-state index in [0.29, 0.717) is 18.2 Å². The Morgan fingerprint density at radius 1 is 1.28 bits per heavy atom. The summed E-state index contributed by atoms with van der Waals surface area (Å²) in [6.45, 7) is 0.994. The first kappa shape index (κ1) is 14.9. The van der Waals surface area contributed by atoms with Crippen LogP contribution in [0, 0.1) is 0 Å². The van der Waals surface area contributed by atoms with Crippen LogP contribution >= 0.6 is 0 Å². The number of hydrogen-bond donors (Lipinski definition) is 1. The molecule has 0 saturated heterocycles. The van der Waals surface area contributed by atoms with Crippen molar-refractivity contribution < 1.29 is 23.0 Å². The molecule has 0 radical (unpaired) electrons. The van der Waals surface area contributed by atoms with Gasteiger partial charge in [-0.3, -0.25) is 0 Å². The van der Waals surface area contributed by atoms with E-state index in [9.17, 15) is 13.2 Å². The van der Waals surface area contributed by atoms with Crippen LogP contribution in [0.15, 0.2) is 0 Å². The average Bonchev–Trinajstić information content (AvgIpc) is 2.66. The molecule has 1 rings (SSSR count). The number of rotatable bonds is 7. The molecule has 1 heterocycles. The molecule has 0 aliphatic rings. The number of ether oxygens (including phenoxy) is 1. The Morgan fingerprint density at radius 2 is 1.94 bits per heavy atom. The molecule has 0 atom stereocenters. The molecule has 5 nitrogen and oxygen atoms in total. The Kier molecular flexibility index (Phi) is 5.54. The molecule has 0 fully saturated rings. The first-order chi connectivity index (χ1) is 8.48. The lowest BCUT2D eigenvalue weighted by molar-refractivity contribution is -0.173. The number of alkyl halides is 3. The Labute approximate surface area is 103 Å². The summed E-state index contributed by atoms with van der Waals surface area (Å²) in [5, 5.41) is 16.6. The molecule has 0 spiro atoms. The van der Waals surface area contributed by atoms with Crippen molar-refractivity contribution in [3.05, 3.63) is 11.6 Å². The van der Waals surface area contributed by atoms with Crippen LogP contribution in [0.5, 0.6) is 0 Å². The number of hydrogen-bond acceptors (Lipinski definition) is 4. The van der Waals surface area contributed by atoms with Crippen LogP contribution in [0.3, 0.4) is 0 Å². The molecule has 0 aliphatic heterocycles. The molecule has 0 bridgehead atoms. The van der Waals surface area contributed by atoms with Gasteiger partial charge in [0.15, 0.2) is 5.82 Å². The van der Waals surface area contributed by atoms with Gasteiger partial charge in [-0.15, -0.1) is 10.2 Å². The lowest BCUT2D eigenvalue weighted by Gasteiger charge is -2.09. The highest BCUT2D eigenvalue weighted by atomic mass is 19.4. The maximum absolute atomic E-state index is 11.8. The second-order valence-electron chi connectivity index (χ2n) is 3.76. The monoisotopic (exact) mass is 267 g/mol. The van der Waals surface area contributed by atoms with Crippen LogP contribution < -0.4 is 0 Å². The van der Waals surface area contributed by atoms with Gasteiger partial charge < -0.3 is 14.4 Å². The zero-order valence-electron chi connectivity index (χ0n) is 10.1. The largest absolute Gasteiger partial charge is 0.411 e. The van der Waals surface area contributed by atoms with Gasteiger partial charge in [-0.05, 0) is 6.42 Å². The van der Waals surface area contributed by atoms with Crippen molar-refractivity contribution >= 4 is 0 Å². The van der Waals surface area contributed by atoms with Crippen LogP contribution in [0.25, 0.3) is 0 Å². The fraction of sp³-hybridized carbons (Fsp3) is 0.800. The second-order valence-corrected chi connectivity index (χ2v) is 3.76. The van der Waals surface area contributed by atoms with Crippen molar-refractivity contribution in [2.24, 2.45) is 0 Å². The third kappa shape index (κ3) is 4.61. The normalized spacial score (nSPS) is 12.1. The van der Waals surface area contributed by atoms with Crippen molar-refractivity contribution in [1.82, 2.24) is 14.8 Å². The Bertz CT molecular complexity index is 366. The minimum Gasteiger partial charge on any atom is -0.388 e. The van der Waals surface area contributed by atoms with Crippen molar-refractivity contribution in [2.45, 2.75) is 39.1 Å². The Balaban J connectivity index is 2.49. The fourth-order valence-corrected chi connectivity index (χ4v) is 1.51. The molecule has 0 aliphatic carbocycles. The van der Waals surface area contributed by atoms with Crippen molar-refractivity contribution in [1.29, 1.82) is 0 Å². The molecule has 0 aromatic carbocycles. The molecule has 1 aromatic heterocycles. The summed E-state index contributed by atoms with van der Waals surface area (Å²) in [5.74, 6) is 0.950. The number of aliphatic hydroxyl groups excluding tert-OH is 1. The zero-order chi connectivity index (χ0) is 13.6. The zero-order valence-corrected chi connectivity index (χ0v) is 10.1. The third-order valence-electron chi connectivity index (χ3n) is 2.23. The van der Waals surface area contributed by atoms with Crippen molar-refractivity contribution in [2.75, 3.05) is 13.2 Å². The second kappa shape index (κ2) is 6.69. The summed E-state index contributed by atoms with van der Waals surface area (Å²) in [6.07, 6.45) is -3.25. The first-order valence-electron chi connectivity index (χ1n) is 5.64. The highest BCUT2D eigenvalue weighted by molar-refractivity contribution is 4.95. The van der Waals surface area contributed by atoms with Gasteiger partial charge in [-0.1, -0.05) is 6.92 Å². The summed E-state index contributed by atoms with van der Waals surface area (Å²) in [6, 6.07) is 0. The topological polar surface area (TPSA) is 60.2 Å². The van der Waals surface area contributed by atoms with E-state index < -0.39 is 12.8 Å². The Hall–Kier alpha value is -1.15. The molecule has 0 unspecified atom stereocenters. The van der Waals surface area contributed by atoms with Crippen LogP contribution in [0.4, 0.5) is 13.2 Å². The third-order valence-corrected chi connectivity index (χ3v) is 2.23. The van der Waals surface area contributed by atoms with E-state index in [-0.39, 0.29) is 19.6 Å². The van der Waals surface area contributed by atoms with E-state index in [1.165, 1.54) is 0 Å². The van der Waals surface area contributed by atoms with E-state index in [2.05, 4.69) is 14.9 Å². The number of aromatic nitrogens is 3. The highest BCUT2D eigenvalue weighted by Gasteiger charge is 2.27. The summed E-state index contributed by atoms with van der Waals surface area (Å²) >= 11 is 0. The number of aliphatic hydroxyl groups is 1. The van der Waals surface area contributed by atoms with Gasteiger partial charge in [0, 0.05) is 13.0 Å². The number of halogens is 3. The average molecular weight is 267 g/mol. The Morgan fingerprint density at radius 3 is 2.50 bits per heavy atom. The minimum absolute atomic E-state index is 0.0766. The lowest BCUT2D eigenvalue weighted by atomic mass is 10.4. The highest BCUT2D eigenvalue weighted by Crippen LogP contribution is 2.14. The van der Waals surface area contributed by atoms with Gasteiger partial charge in [0.1, 0.15) is 19.0 Å². The van der Waals surface area contributed by atoms with E-state index in [1.807, 2.05) is 6.92 Å². The molecule has 104 valence electrons.